The van der Waals surface area contributed by atoms with Crippen molar-refractivity contribution in [3.8, 4) is 0 Å². The van der Waals surface area contributed by atoms with Crippen molar-refractivity contribution >= 4 is 35.2 Å². The van der Waals surface area contributed by atoms with Crippen molar-refractivity contribution in [1.82, 2.24) is 19.4 Å². The minimum absolute atomic E-state index is 0.0317. The number of aromatic amines is 1. The fourth-order valence-electron chi connectivity index (χ4n) is 3.76. The molecule has 0 unspecified atom stereocenters. The lowest BCUT2D eigenvalue weighted by atomic mass is 9.99. The number of aryl methyl sites for hydroxylation is 1. The van der Waals surface area contributed by atoms with Gasteiger partial charge in [-0.2, -0.15) is 10.1 Å². The molecule has 0 spiro atoms. The molecule has 1 amide bonds. The van der Waals surface area contributed by atoms with Gasteiger partial charge in [-0.1, -0.05) is 0 Å². The topological polar surface area (TPSA) is 101 Å². The third-order valence-electron chi connectivity index (χ3n) is 5.44. The molecule has 3 aliphatic rings. The number of amides is 1. The largest absolute Gasteiger partial charge is 0.381 e. The molecule has 1 saturated heterocycles. The number of carbonyl (C=O) groups excluding carboxylic acids is 1. The summed E-state index contributed by atoms with van der Waals surface area (Å²) in [7, 11) is 0. The minimum atomic E-state index is 0.0317. The van der Waals surface area contributed by atoms with E-state index >= 15 is 0 Å². The molecule has 1 aromatic carbocycles. The summed E-state index contributed by atoms with van der Waals surface area (Å²) in [6, 6.07) is 9.88. The first-order valence-electron chi connectivity index (χ1n) is 10.6. The number of fused-ring (bicyclic) bond motifs is 1. The molecule has 0 atom stereocenters. The van der Waals surface area contributed by atoms with E-state index in [1.165, 1.54) is 0 Å². The van der Waals surface area contributed by atoms with E-state index in [0.717, 1.165) is 46.6 Å². The van der Waals surface area contributed by atoms with E-state index in [-0.39, 0.29) is 11.8 Å². The fraction of sp³-hybridized carbons (Fsp3) is 0.318. The minimum Gasteiger partial charge on any atom is -0.381 e. The highest BCUT2D eigenvalue weighted by molar-refractivity contribution is 7.97. The van der Waals surface area contributed by atoms with Gasteiger partial charge in [0.25, 0.3) is 11.7 Å². The van der Waals surface area contributed by atoms with Crippen LogP contribution in [0.3, 0.4) is 0 Å². The Balaban J connectivity index is 1.24. The van der Waals surface area contributed by atoms with Crippen LogP contribution in [0.4, 0.5) is 11.5 Å². The Bertz CT molecular complexity index is 1070. The van der Waals surface area contributed by atoms with Crippen molar-refractivity contribution in [3.05, 3.63) is 60.4 Å². The second-order valence-electron chi connectivity index (χ2n) is 7.86. The summed E-state index contributed by atoms with van der Waals surface area (Å²) in [5, 5.41) is 13.6. The van der Waals surface area contributed by atoms with Gasteiger partial charge in [0.1, 0.15) is 6.54 Å². The highest BCUT2D eigenvalue weighted by Crippen LogP contribution is 2.29. The third-order valence-corrected chi connectivity index (χ3v) is 6.39. The average molecular weight is 452 g/mol. The highest BCUT2D eigenvalue weighted by atomic mass is 32.2. The molecule has 165 valence electrons. The Kier molecular flexibility index (Phi) is 5.97. The number of carbonyl (C=O) groups is 1. The zero-order valence-electron chi connectivity index (χ0n) is 17.7. The number of anilines is 2. The van der Waals surface area contributed by atoms with Crippen LogP contribution in [-0.4, -0.2) is 46.0 Å². The summed E-state index contributed by atoms with van der Waals surface area (Å²) in [6.45, 7) is 3.95. The normalized spacial score (nSPS) is 18.8. The summed E-state index contributed by atoms with van der Waals surface area (Å²) in [6.07, 6.45) is 7.34. The van der Waals surface area contributed by atoms with Crippen molar-refractivity contribution in [2.24, 2.45) is 10.9 Å². The van der Waals surface area contributed by atoms with Crippen molar-refractivity contribution in [1.29, 1.82) is 0 Å². The van der Waals surface area contributed by atoms with E-state index < -0.39 is 0 Å². The van der Waals surface area contributed by atoms with E-state index in [0.29, 0.717) is 19.8 Å². The highest BCUT2D eigenvalue weighted by Gasteiger charge is 2.37. The number of ether oxygens (including phenoxy) is 1. The number of aromatic nitrogens is 2. The fourth-order valence-corrected chi connectivity index (χ4v) is 4.62. The molecule has 3 N–H and O–H groups in total. The SMILES string of the molecule is Cc1cc(NC2=CN(Sc3ccc(NC(=O)C4CCOCC4)cc3)CC3=NC=C[N+]23)n[nH]1. The Hall–Kier alpha value is -3.08. The Labute approximate surface area is 190 Å². The smallest absolute Gasteiger partial charge is 0.285 e. The standard InChI is InChI=1S/C22H25N7O2S/c1-15-12-19(27-26-15)25-21-14-28(13-20-23-8-9-29(20)21)32-18-4-2-17(3-5-18)24-22(30)16-6-10-31-11-7-16/h2-5,8-9,12,14,16H,6-7,10-11,13H2,1H3,(H,24,30)(H2,25,26,27)/q+1. The summed E-state index contributed by atoms with van der Waals surface area (Å²) in [5.74, 6) is 2.68. The number of rotatable bonds is 6. The molecule has 5 rings (SSSR count). The van der Waals surface area contributed by atoms with Crippen molar-refractivity contribution in [3.63, 3.8) is 0 Å². The van der Waals surface area contributed by atoms with Crippen LogP contribution >= 0.6 is 11.9 Å². The maximum atomic E-state index is 12.4. The van der Waals surface area contributed by atoms with Crippen molar-refractivity contribution in [2.75, 3.05) is 30.4 Å². The first kappa shape index (κ1) is 20.8. The summed E-state index contributed by atoms with van der Waals surface area (Å²) < 4.78 is 7.46. The number of hydrogen-bond acceptors (Lipinski definition) is 8. The van der Waals surface area contributed by atoms with Gasteiger partial charge < -0.3 is 10.1 Å². The molecule has 1 aromatic heterocycles. The molecule has 10 heteroatoms. The average Bonchev–Trinajstić information content (AvgIpc) is 3.44. The van der Waals surface area contributed by atoms with E-state index in [2.05, 4.69) is 30.1 Å². The van der Waals surface area contributed by atoms with E-state index in [1.54, 1.807) is 18.1 Å². The molecule has 0 bridgehead atoms. The van der Waals surface area contributed by atoms with Gasteiger partial charge in [-0.05, 0) is 60.9 Å². The molecule has 32 heavy (non-hydrogen) atoms. The predicted molar refractivity (Wildman–Crippen MR) is 125 cm³/mol. The van der Waals surface area contributed by atoms with Gasteiger partial charge in [0.05, 0.1) is 12.4 Å². The number of hydrogen-bond donors (Lipinski definition) is 3. The van der Waals surface area contributed by atoms with E-state index in [4.69, 9.17) is 4.74 Å². The van der Waals surface area contributed by atoms with Crippen LogP contribution in [-0.2, 0) is 9.53 Å². The van der Waals surface area contributed by atoms with Crippen LogP contribution in [0, 0.1) is 12.8 Å². The number of aliphatic imine (C=N–C) groups is 1. The molecule has 1 radical (unpaired) electrons. The third kappa shape index (κ3) is 4.72. The van der Waals surface area contributed by atoms with Gasteiger partial charge in [-0.25, -0.2) is 0 Å². The van der Waals surface area contributed by atoms with Gasteiger partial charge in [0.2, 0.25) is 5.91 Å². The van der Waals surface area contributed by atoms with Crippen molar-refractivity contribution in [2.45, 2.75) is 24.7 Å². The van der Waals surface area contributed by atoms with Crippen LogP contribution in [0.2, 0.25) is 0 Å². The molecular weight excluding hydrogens is 426 g/mol. The number of amidine groups is 1. The van der Waals surface area contributed by atoms with Crippen LogP contribution in [0.1, 0.15) is 18.5 Å². The molecular formula is C22H25N7O2S+. The first-order valence-corrected chi connectivity index (χ1v) is 11.4. The van der Waals surface area contributed by atoms with E-state index in [9.17, 15) is 4.79 Å². The lowest BCUT2D eigenvalue weighted by Gasteiger charge is -2.24. The molecule has 0 saturated carbocycles. The van der Waals surface area contributed by atoms with Crippen LogP contribution in [0.25, 0.3) is 0 Å². The molecule has 3 aliphatic heterocycles. The molecule has 4 heterocycles. The monoisotopic (exact) mass is 451 g/mol. The van der Waals surface area contributed by atoms with Crippen molar-refractivity contribution < 1.29 is 9.53 Å². The maximum Gasteiger partial charge on any atom is 0.285 e. The van der Waals surface area contributed by atoms with Crippen LogP contribution in [0.5, 0.6) is 0 Å². The molecule has 9 nitrogen and oxygen atoms in total. The lowest BCUT2D eigenvalue weighted by molar-refractivity contribution is -0.122. The predicted octanol–water partition coefficient (Wildman–Crippen LogP) is 3.34. The maximum absolute atomic E-state index is 12.4. The molecule has 0 aliphatic carbocycles. The Morgan fingerprint density at radius 2 is 2.09 bits per heavy atom. The quantitative estimate of drug-likeness (QED) is 0.460. The van der Waals surface area contributed by atoms with Gasteiger partial charge in [-0.3, -0.25) is 19.5 Å². The number of H-pyrrole nitrogens is 1. The molecule has 2 aromatic rings. The Morgan fingerprint density at radius 1 is 1.28 bits per heavy atom. The lowest BCUT2D eigenvalue weighted by Crippen LogP contribution is -2.42. The van der Waals surface area contributed by atoms with Crippen LogP contribution < -0.4 is 15.5 Å². The first-order chi connectivity index (χ1) is 15.6. The summed E-state index contributed by atoms with van der Waals surface area (Å²) >= 11 is 1.61. The summed E-state index contributed by atoms with van der Waals surface area (Å²) in [5.41, 5.74) is 1.80. The zero-order valence-corrected chi connectivity index (χ0v) is 18.6. The van der Waals surface area contributed by atoms with E-state index in [1.807, 2.05) is 54.6 Å². The summed E-state index contributed by atoms with van der Waals surface area (Å²) in [4.78, 5) is 20.0. The van der Waals surface area contributed by atoms with Gasteiger partial charge >= 0.3 is 0 Å². The Morgan fingerprint density at radius 3 is 2.84 bits per heavy atom. The zero-order chi connectivity index (χ0) is 21.9. The van der Waals surface area contributed by atoms with Gasteiger partial charge in [0, 0.05) is 41.5 Å². The second kappa shape index (κ2) is 9.19. The molecule has 1 fully saturated rings. The van der Waals surface area contributed by atoms with Gasteiger partial charge in [-0.15, -0.1) is 0 Å². The second-order valence-corrected chi connectivity index (χ2v) is 8.98. The van der Waals surface area contributed by atoms with Gasteiger partial charge in [0.15, 0.2) is 12.0 Å². The number of benzene rings is 1. The number of nitrogens with one attached hydrogen (secondary N) is 3. The number of nitrogens with zero attached hydrogens (tertiary/aromatic N) is 4. The van der Waals surface area contributed by atoms with Crippen LogP contribution in [0.15, 0.2) is 64.6 Å².